The lowest BCUT2D eigenvalue weighted by Gasteiger charge is -2.16. The lowest BCUT2D eigenvalue weighted by atomic mass is 10.2. The zero-order valence-corrected chi connectivity index (χ0v) is 9.06. The summed E-state index contributed by atoms with van der Waals surface area (Å²) in [5, 5.41) is 1.11. The maximum Gasteiger partial charge on any atom is 0.267 e. The van der Waals surface area contributed by atoms with Crippen molar-refractivity contribution in [3.05, 3.63) is 29.8 Å². The molecule has 4 nitrogen and oxygen atoms in total. The van der Waals surface area contributed by atoms with E-state index in [1.807, 2.05) is 32.0 Å². The Balaban J connectivity index is 2.67. The van der Waals surface area contributed by atoms with Gasteiger partial charge in [0, 0.05) is 6.61 Å². The van der Waals surface area contributed by atoms with Gasteiger partial charge < -0.3 is 4.74 Å². The molecule has 0 unspecified atom stereocenters. The van der Waals surface area contributed by atoms with Gasteiger partial charge in [-0.15, -0.1) is 0 Å². The third-order valence-corrected chi connectivity index (χ3v) is 1.98. The van der Waals surface area contributed by atoms with Crippen LogP contribution in [0, 0.1) is 6.92 Å². The highest BCUT2D eigenvalue weighted by atomic mass is 16.5. The Morgan fingerprint density at radius 3 is 2.87 bits per heavy atom. The fourth-order valence-electron chi connectivity index (χ4n) is 1.18. The average Bonchev–Trinajstić information content (AvgIpc) is 2.24. The number of hydrogen-bond acceptors (Lipinski definition) is 3. The van der Waals surface area contributed by atoms with Crippen LogP contribution in [0.1, 0.15) is 12.5 Å². The molecule has 0 aliphatic heterocycles. The van der Waals surface area contributed by atoms with Crippen molar-refractivity contribution in [2.75, 3.05) is 18.2 Å². The molecule has 0 atom stereocenters. The molecule has 1 amide bonds. The number of carbonyl (C=O) groups is 1. The van der Waals surface area contributed by atoms with Gasteiger partial charge in [-0.2, -0.15) is 0 Å². The standard InChI is InChI=1S/C11H16N2O2/c1-3-15-8-11(14)13(12)10-6-4-5-9(2)7-10/h4-7H,3,8,12H2,1-2H3. The van der Waals surface area contributed by atoms with Gasteiger partial charge in [0.25, 0.3) is 5.91 Å². The van der Waals surface area contributed by atoms with Crippen LogP contribution < -0.4 is 10.9 Å². The number of ether oxygens (including phenoxy) is 1. The second-order valence-corrected chi connectivity index (χ2v) is 3.24. The van der Waals surface area contributed by atoms with Gasteiger partial charge >= 0.3 is 0 Å². The number of amides is 1. The molecule has 1 aromatic carbocycles. The molecular weight excluding hydrogens is 192 g/mol. The van der Waals surface area contributed by atoms with Crippen molar-refractivity contribution < 1.29 is 9.53 Å². The van der Waals surface area contributed by atoms with E-state index in [1.54, 1.807) is 6.07 Å². The molecule has 0 saturated carbocycles. The number of anilines is 1. The second-order valence-electron chi connectivity index (χ2n) is 3.24. The van der Waals surface area contributed by atoms with E-state index >= 15 is 0 Å². The largest absolute Gasteiger partial charge is 0.372 e. The van der Waals surface area contributed by atoms with Gasteiger partial charge in [-0.3, -0.25) is 4.79 Å². The minimum absolute atomic E-state index is 0.0148. The van der Waals surface area contributed by atoms with Gasteiger partial charge in [-0.1, -0.05) is 12.1 Å². The summed E-state index contributed by atoms with van der Waals surface area (Å²) in [6.07, 6.45) is 0. The van der Waals surface area contributed by atoms with Crippen molar-refractivity contribution in [2.24, 2.45) is 5.84 Å². The minimum atomic E-state index is -0.248. The Morgan fingerprint density at radius 2 is 2.27 bits per heavy atom. The van der Waals surface area contributed by atoms with E-state index in [9.17, 15) is 4.79 Å². The third-order valence-electron chi connectivity index (χ3n) is 1.98. The molecule has 0 spiro atoms. The molecule has 1 rings (SSSR count). The van der Waals surface area contributed by atoms with Crippen molar-refractivity contribution >= 4 is 11.6 Å². The molecule has 82 valence electrons. The smallest absolute Gasteiger partial charge is 0.267 e. The summed E-state index contributed by atoms with van der Waals surface area (Å²) in [6, 6.07) is 7.45. The molecule has 0 aliphatic carbocycles. The number of rotatable bonds is 4. The zero-order valence-electron chi connectivity index (χ0n) is 9.06. The van der Waals surface area contributed by atoms with Crippen LogP contribution in [0.15, 0.2) is 24.3 Å². The predicted molar refractivity (Wildman–Crippen MR) is 59.3 cm³/mol. The third kappa shape index (κ3) is 3.34. The van der Waals surface area contributed by atoms with E-state index in [4.69, 9.17) is 10.6 Å². The number of aryl methyl sites for hydroxylation is 1. The first-order chi connectivity index (χ1) is 7.15. The van der Waals surface area contributed by atoms with Crippen molar-refractivity contribution in [2.45, 2.75) is 13.8 Å². The molecule has 4 heteroatoms. The highest BCUT2D eigenvalue weighted by molar-refractivity contribution is 5.93. The molecule has 2 N–H and O–H groups in total. The van der Waals surface area contributed by atoms with E-state index in [0.717, 1.165) is 10.6 Å². The fourth-order valence-corrected chi connectivity index (χ4v) is 1.18. The number of carbonyl (C=O) groups excluding carboxylic acids is 1. The van der Waals surface area contributed by atoms with Crippen molar-refractivity contribution in [3.63, 3.8) is 0 Å². The SMILES string of the molecule is CCOCC(=O)N(N)c1cccc(C)c1. The van der Waals surface area contributed by atoms with Crippen molar-refractivity contribution in [1.29, 1.82) is 0 Å². The van der Waals surface area contributed by atoms with E-state index in [-0.39, 0.29) is 12.5 Å². The summed E-state index contributed by atoms with van der Waals surface area (Å²) >= 11 is 0. The lowest BCUT2D eigenvalue weighted by Crippen LogP contribution is -2.40. The summed E-state index contributed by atoms with van der Waals surface area (Å²) in [6.45, 7) is 4.31. The van der Waals surface area contributed by atoms with Crippen LogP contribution in [-0.2, 0) is 9.53 Å². The van der Waals surface area contributed by atoms with Crippen LogP contribution in [0.3, 0.4) is 0 Å². The number of nitrogens with zero attached hydrogens (tertiary/aromatic N) is 1. The van der Waals surface area contributed by atoms with Crippen LogP contribution in [-0.4, -0.2) is 19.1 Å². The molecule has 0 bridgehead atoms. The molecule has 15 heavy (non-hydrogen) atoms. The lowest BCUT2D eigenvalue weighted by molar-refractivity contribution is -0.123. The summed E-state index contributed by atoms with van der Waals surface area (Å²) in [7, 11) is 0. The number of hydrogen-bond donors (Lipinski definition) is 1. The quantitative estimate of drug-likeness (QED) is 0.460. The van der Waals surface area contributed by atoms with Crippen molar-refractivity contribution in [1.82, 2.24) is 0 Å². The Labute approximate surface area is 89.6 Å². The number of nitrogens with two attached hydrogens (primary N) is 1. The summed E-state index contributed by atoms with van der Waals surface area (Å²) < 4.78 is 5.00. The van der Waals surface area contributed by atoms with Gasteiger partial charge in [0.2, 0.25) is 0 Å². The Bertz CT molecular complexity index is 339. The van der Waals surface area contributed by atoms with Crippen LogP contribution >= 0.6 is 0 Å². The topological polar surface area (TPSA) is 55.6 Å². The van der Waals surface area contributed by atoms with Gasteiger partial charge in [0.05, 0.1) is 5.69 Å². The molecular formula is C11H16N2O2. The Morgan fingerprint density at radius 1 is 1.53 bits per heavy atom. The molecule has 0 radical (unpaired) electrons. The van der Waals surface area contributed by atoms with E-state index in [2.05, 4.69) is 0 Å². The normalized spacial score (nSPS) is 10.1. The van der Waals surface area contributed by atoms with Crippen molar-refractivity contribution in [3.8, 4) is 0 Å². The number of hydrazine groups is 1. The Hall–Kier alpha value is -1.39. The molecule has 1 aromatic rings. The summed E-state index contributed by atoms with van der Waals surface area (Å²) in [5.41, 5.74) is 1.74. The van der Waals surface area contributed by atoms with Gasteiger partial charge in [-0.05, 0) is 31.5 Å². The first kappa shape index (κ1) is 11.7. The molecule has 0 fully saturated rings. The summed E-state index contributed by atoms with van der Waals surface area (Å²) in [5.74, 6) is 5.40. The highest BCUT2D eigenvalue weighted by Crippen LogP contribution is 2.12. The van der Waals surface area contributed by atoms with Gasteiger partial charge in [0.1, 0.15) is 6.61 Å². The van der Waals surface area contributed by atoms with Crippen LogP contribution in [0.2, 0.25) is 0 Å². The monoisotopic (exact) mass is 208 g/mol. The highest BCUT2D eigenvalue weighted by Gasteiger charge is 2.11. The minimum Gasteiger partial charge on any atom is -0.372 e. The van der Waals surface area contributed by atoms with E-state index in [0.29, 0.717) is 12.3 Å². The molecule has 0 saturated heterocycles. The first-order valence-electron chi connectivity index (χ1n) is 4.87. The fraction of sp³-hybridized carbons (Fsp3) is 0.364. The van der Waals surface area contributed by atoms with E-state index in [1.165, 1.54) is 0 Å². The van der Waals surface area contributed by atoms with Gasteiger partial charge in [-0.25, -0.2) is 10.9 Å². The molecule has 0 aliphatic rings. The maximum absolute atomic E-state index is 11.5. The predicted octanol–water partition coefficient (Wildman–Crippen LogP) is 1.24. The Kier molecular flexibility index (Phi) is 4.27. The van der Waals surface area contributed by atoms with Gasteiger partial charge in [0.15, 0.2) is 0 Å². The van der Waals surface area contributed by atoms with Crippen LogP contribution in [0.4, 0.5) is 5.69 Å². The zero-order chi connectivity index (χ0) is 11.3. The number of benzene rings is 1. The molecule has 0 heterocycles. The van der Waals surface area contributed by atoms with Crippen LogP contribution in [0.25, 0.3) is 0 Å². The molecule has 0 aromatic heterocycles. The second kappa shape index (κ2) is 5.48. The summed E-state index contributed by atoms with van der Waals surface area (Å²) in [4.78, 5) is 11.5. The maximum atomic E-state index is 11.5. The van der Waals surface area contributed by atoms with Crippen LogP contribution in [0.5, 0.6) is 0 Å². The first-order valence-corrected chi connectivity index (χ1v) is 4.87. The van der Waals surface area contributed by atoms with E-state index < -0.39 is 0 Å². The average molecular weight is 208 g/mol.